The zero-order chi connectivity index (χ0) is 32.7. The van der Waals surface area contributed by atoms with Crippen LogP contribution in [0.15, 0.2) is 47.0 Å². The molecule has 4 aromatic rings. The van der Waals surface area contributed by atoms with Crippen LogP contribution in [0, 0.1) is 6.92 Å². The first kappa shape index (κ1) is 31.8. The molecule has 12 heteroatoms. The number of ether oxygens (including phenoxy) is 3. The number of hydrogen-bond donors (Lipinski definition) is 2. The molecule has 1 aliphatic rings. The molecule has 45 heavy (non-hydrogen) atoms. The van der Waals surface area contributed by atoms with Crippen molar-refractivity contribution in [2.75, 3.05) is 24.9 Å². The van der Waals surface area contributed by atoms with Crippen LogP contribution in [-0.2, 0) is 34.8 Å². The minimum atomic E-state index is -3.03. The van der Waals surface area contributed by atoms with Gasteiger partial charge in [0.25, 0.3) is 11.8 Å². The van der Waals surface area contributed by atoms with Crippen molar-refractivity contribution in [1.82, 2.24) is 15.0 Å². The SMILES string of the molecule is COc1nc(NCc2ccc(C(C)(F)F)nc2)nc(OC)c1NC(=O)c1ccc(Cc2cc3c(cc2C)C(C)(C)OC3(C)C)o1. The molecule has 1 aromatic carbocycles. The highest BCUT2D eigenvalue weighted by Crippen LogP contribution is 2.47. The summed E-state index contributed by atoms with van der Waals surface area (Å²) in [6.07, 6.45) is 1.85. The maximum absolute atomic E-state index is 13.5. The van der Waals surface area contributed by atoms with E-state index >= 15 is 0 Å². The Balaban J connectivity index is 1.30. The van der Waals surface area contributed by atoms with E-state index in [1.807, 2.05) is 0 Å². The molecule has 238 valence electrons. The summed E-state index contributed by atoms with van der Waals surface area (Å²) >= 11 is 0. The number of amides is 1. The van der Waals surface area contributed by atoms with Crippen molar-refractivity contribution in [3.05, 3.63) is 87.6 Å². The van der Waals surface area contributed by atoms with Crippen LogP contribution in [0.2, 0.25) is 0 Å². The number of benzene rings is 1. The molecule has 0 radical (unpaired) electrons. The zero-order valence-corrected chi connectivity index (χ0v) is 26.6. The van der Waals surface area contributed by atoms with Crippen LogP contribution >= 0.6 is 0 Å². The fourth-order valence-corrected chi connectivity index (χ4v) is 5.52. The molecule has 10 nitrogen and oxygen atoms in total. The second-order valence-electron chi connectivity index (χ2n) is 12.1. The third kappa shape index (κ3) is 6.60. The second kappa shape index (κ2) is 11.7. The number of pyridine rings is 1. The number of methoxy groups -OCH3 is 2. The lowest BCUT2D eigenvalue weighted by Crippen LogP contribution is -2.22. The quantitative estimate of drug-likeness (QED) is 0.196. The summed E-state index contributed by atoms with van der Waals surface area (Å²) in [5.41, 5.74) is 4.14. The van der Waals surface area contributed by atoms with Crippen LogP contribution in [0.25, 0.3) is 0 Å². The molecular weight excluding hydrogens is 584 g/mol. The van der Waals surface area contributed by atoms with Gasteiger partial charge in [-0.05, 0) is 80.6 Å². The first-order chi connectivity index (χ1) is 21.1. The van der Waals surface area contributed by atoms with Gasteiger partial charge < -0.3 is 29.3 Å². The van der Waals surface area contributed by atoms with Crippen LogP contribution in [0.5, 0.6) is 11.8 Å². The van der Waals surface area contributed by atoms with E-state index in [0.717, 1.165) is 23.6 Å². The molecule has 2 N–H and O–H groups in total. The van der Waals surface area contributed by atoms with Gasteiger partial charge in [-0.15, -0.1) is 0 Å². The molecule has 3 aromatic heterocycles. The number of anilines is 2. The average Bonchev–Trinajstić information content (AvgIpc) is 3.51. The number of fused-ring (bicyclic) bond motifs is 1. The van der Waals surface area contributed by atoms with Crippen molar-refractivity contribution < 1.29 is 32.2 Å². The van der Waals surface area contributed by atoms with Gasteiger partial charge in [-0.3, -0.25) is 9.78 Å². The maximum Gasteiger partial charge on any atom is 0.291 e. The molecular formula is C33H37F2N5O5. The summed E-state index contributed by atoms with van der Waals surface area (Å²) < 4.78 is 50.0. The number of hydrogen-bond acceptors (Lipinski definition) is 9. The monoisotopic (exact) mass is 621 g/mol. The number of alkyl halides is 2. The smallest absolute Gasteiger partial charge is 0.291 e. The Labute approximate surface area is 260 Å². The molecule has 0 saturated heterocycles. The Morgan fingerprint density at radius 2 is 1.62 bits per heavy atom. The van der Waals surface area contributed by atoms with Gasteiger partial charge in [0.05, 0.1) is 25.4 Å². The van der Waals surface area contributed by atoms with Crippen molar-refractivity contribution in [2.45, 2.75) is 71.6 Å². The number of nitrogens with one attached hydrogen (secondary N) is 2. The van der Waals surface area contributed by atoms with E-state index in [1.54, 1.807) is 12.1 Å². The predicted octanol–water partition coefficient (Wildman–Crippen LogP) is 6.86. The Morgan fingerprint density at radius 3 is 2.20 bits per heavy atom. The molecule has 0 unspecified atom stereocenters. The molecule has 0 atom stereocenters. The van der Waals surface area contributed by atoms with E-state index in [0.29, 0.717) is 17.7 Å². The summed E-state index contributed by atoms with van der Waals surface area (Å²) in [7, 11) is 2.79. The number of carbonyl (C=O) groups is 1. The zero-order valence-electron chi connectivity index (χ0n) is 26.6. The van der Waals surface area contributed by atoms with Gasteiger partial charge in [-0.1, -0.05) is 18.2 Å². The van der Waals surface area contributed by atoms with E-state index in [9.17, 15) is 13.6 Å². The van der Waals surface area contributed by atoms with Crippen LogP contribution in [-0.4, -0.2) is 35.1 Å². The van der Waals surface area contributed by atoms with Gasteiger partial charge >= 0.3 is 0 Å². The molecule has 4 heterocycles. The summed E-state index contributed by atoms with van der Waals surface area (Å²) in [5, 5.41) is 5.72. The molecule has 5 rings (SSSR count). The Bertz CT molecular complexity index is 1700. The number of nitrogens with zero attached hydrogens (tertiary/aromatic N) is 3. The van der Waals surface area contributed by atoms with Crippen molar-refractivity contribution >= 4 is 17.5 Å². The maximum atomic E-state index is 13.5. The predicted molar refractivity (Wildman–Crippen MR) is 164 cm³/mol. The number of aromatic nitrogens is 3. The van der Waals surface area contributed by atoms with E-state index < -0.39 is 17.4 Å². The van der Waals surface area contributed by atoms with Crippen LogP contribution in [0.3, 0.4) is 0 Å². The molecule has 0 bridgehead atoms. The summed E-state index contributed by atoms with van der Waals surface area (Å²) in [5.74, 6) is -2.63. The Hall–Kier alpha value is -4.58. The highest BCUT2D eigenvalue weighted by Gasteiger charge is 2.43. The van der Waals surface area contributed by atoms with Gasteiger partial charge in [0.2, 0.25) is 17.7 Å². The topological polar surface area (TPSA) is 121 Å². The normalized spacial score (nSPS) is 15.0. The van der Waals surface area contributed by atoms with E-state index in [4.69, 9.17) is 18.6 Å². The first-order valence-corrected chi connectivity index (χ1v) is 14.4. The van der Waals surface area contributed by atoms with Gasteiger partial charge in [-0.2, -0.15) is 18.7 Å². The highest BCUT2D eigenvalue weighted by atomic mass is 19.3. The standard InChI is InChI=1S/C33H37F2N5O5/c1-18-13-22-23(32(4,5)45-31(22,2)3)15-20(18)14-21-10-11-24(44-21)27(41)38-26-28(42-7)39-30(40-29(26)43-8)37-17-19-9-12-25(36-16-19)33(6,34)35/h9-13,15-16H,14,17H2,1-8H3,(H,38,41)(H,37,39,40). The molecule has 0 aliphatic carbocycles. The molecule has 1 aliphatic heterocycles. The van der Waals surface area contributed by atoms with Crippen molar-refractivity contribution in [2.24, 2.45) is 0 Å². The van der Waals surface area contributed by atoms with Crippen LogP contribution in [0.1, 0.15) is 84.4 Å². The van der Waals surface area contributed by atoms with E-state index in [2.05, 4.69) is 72.3 Å². The van der Waals surface area contributed by atoms with Crippen molar-refractivity contribution in [3.8, 4) is 11.8 Å². The number of aryl methyl sites for hydroxylation is 1. The third-order valence-electron chi connectivity index (χ3n) is 7.73. The van der Waals surface area contributed by atoms with Crippen molar-refractivity contribution in [1.29, 1.82) is 0 Å². The summed E-state index contributed by atoms with van der Waals surface area (Å²) in [6.45, 7) is 11.3. The van der Waals surface area contributed by atoms with Crippen LogP contribution in [0.4, 0.5) is 20.4 Å². The minimum absolute atomic E-state index is 0.0464. The van der Waals surface area contributed by atoms with Gasteiger partial charge in [0.15, 0.2) is 11.4 Å². The largest absolute Gasteiger partial charge is 0.479 e. The molecule has 0 saturated carbocycles. The van der Waals surface area contributed by atoms with E-state index in [1.165, 1.54) is 38.1 Å². The van der Waals surface area contributed by atoms with Gasteiger partial charge in [0, 0.05) is 26.1 Å². The number of carbonyl (C=O) groups excluding carboxylic acids is 1. The lowest BCUT2D eigenvalue weighted by molar-refractivity contribution is -0.105. The summed E-state index contributed by atoms with van der Waals surface area (Å²) in [6, 6.07) is 10.5. The van der Waals surface area contributed by atoms with Gasteiger partial charge in [-0.25, -0.2) is 0 Å². The Kier molecular flexibility index (Phi) is 8.30. The third-order valence-corrected chi connectivity index (χ3v) is 7.73. The molecule has 1 amide bonds. The lowest BCUT2D eigenvalue weighted by atomic mass is 9.86. The van der Waals surface area contributed by atoms with Gasteiger partial charge in [0.1, 0.15) is 11.5 Å². The van der Waals surface area contributed by atoms with Crippen LogP contribution < -0.4 is 20.1 Å². The lowest BCUT2D eigenvalue weighted by Gasteiger charge is -2.24. The molecule has 0 fully saturated rings. The fraction of sp³-hybridized carbons (Fsp3) is 0.394. The molecule has 0 spiro atoms. The number of rotatable bonds is 10. The average molecular weight is 622 g/mol. The second-order valence-corrected chi connectivity index (χ2v) is 12.1. The highest BCUT2D eigenvalue weighted by molar-refractivity contribution is 6.03. The van der Waals surface area contributed by atoms with Crippen molar-refractivity contribution in [3.63, 3.8) is 0 Å². The summed E-state index contributed by atoms with van der Waals surface area (Å²) in [4.78, 5) is 25.7. The van der Waals surface area contributed by atoms with E-state index in [-0.39, 0.29) is 47.0 Å². The number of halogens is 2. The number of furan rings is 1. The fourth-order valence-electron chi connectivity index (χ4n) is 5.52. The first-order valence-electron chi connectivity index (χ1n) is 14.4. The Morgan fingerprint density at radius 1 is 0.978 bits per heavy atom. The minimum Gasteiger partial charge on any atom is -0.479 e.